The van der Waals surface area contributed by atoms with Gasteiger partial charge in [0.1, 0.15) is 0 Å². The molecule has 1 saturated heterocycles. The number of benzene rings is 2. The van der Waals surface area contributed by atoms with E-state index in [4.69, 9.17) is 0 Å². The summed E-state index contributed by atoms with van der Waals surface area (Å²) in [7, 11) is -4.21. The average molecular weight is 408 g/mol. The van der Waals surface area contributed by atoms with Crippen molar-refractivity contribution in [2.45, 2.75) is 29.8 Å². The maximum atomic E-state index is 13.3. The summed E-state index contributed by atoms with van der Waals surface area (Å²) in [4.78, 5) is 2.55. The molecule has 148 valence electrons. The van der Waals surface area contributed by atoms with E-state index in [1.54, 1.807) is 0 Å². The zero-order valence-corrected chi connectivity index (χ0v) is 15.7. The number of fused-ring (bicyclic) bond motifs is 1. The van der Waals surface area contributed by atoms with Crippen LogP contribution in [0.5, 0.6) is 0 Å². The van der Waals surface area contributed by atoms with Gasteiger partial charge in [-0.3, -0.25) is 0 Å². The number of rotatable bonds is 3. The second kappa shape index (κ2) is 6.93. The average Bonchev–Trinajstić information content (AvgIpc) is 3.11. The molecule has 0 aliphatic carbocycles. The van der Waals surface area contributed by atoms with Crippen molar-refractivity contribution in [1.29, 1.82) is 0 Å². The van der Waals surface area contributed by atoms with Gasteiger partial charge in [0.05, 0.1) is 10.5 Å². The molecule has 1 aliphatic heterocycles. The molecular weight excluding hydrogens is 389 g/mol. The molecule has 0 saturated carbocycles. The van der Waals surface area contributed by atoms with Crippen LogP contribution in [0.2, 0.25) is 0 Å². The smallest absolute Gasteiger partial charge is 0.361 e. The van der Waals surface area contributed by atoms with Crippen LogP contribution in [0.15, 0.2) is 59.6 Å². The molecule has 2 heterocycles. The van der Waals surface area contributed by atoms with Gasteiger partial charge in [-0.15, -0.1) is 0 Å². The summed E-state index contributed by atoms with van der Waals surface area (Å²) >= 11 is 0. The van der Waals surface area contributed by atoms with Crippen LogP contribution < -0.4 is 0 Å². The van der Waals surface area contributed by atoms with Crippen molar-refractivity contribution in [2.24, 2.45) is 0 Å². The van der Waals surface area contributed by atoms with Crippen molar-refractivity contribution in [1.82, 2.24) is 9.29 Å². The van der Waals surface area contributed by atoms with Gasteiger partial charge in [-0.05, 0) is 42.5 Å². The lowest BCUT2D eigenvalue weighted by Gasteiger charge is -2.31. The van der Waals surface area contributed by atoms with Gasteiger partial charge in [0.25, 0.3) is 0 Å². The lowest BCUT2D eigenvalue weighted by Crippen LogP contribution is -2.38. The Morgan fingerprint density at radius 3 is 2.32 bits per heavy atom. The number of nitrogens with zero attached hydrogens (tertiary/aromatic N) is 1. The molecule has 28 heavy (non-hydrogen) atoms. The number of nitrogens with one attached hydrogen (secondary N) is 1. The van der Waals surface area contributed by atoms with Crippen molar-refractivity contribution in [3.63, 3.8) is 0 Å². The van der Waals surface area contributed by atoms with E-state index in [0.29, 0.717) is 12.8 Å². The lowest BCUT2D eigenvalue weighted by molar-refractivity contribution is -0.139. The molecule has 3 aromatic rings. The number of aromatic nitrogens is 1. The minimum Gasteiger partial charge on any atom is -0.361 e. The zero-order valence-electron chi connectivity index (χ0n) is 14.9. The molecule has 0 radical (unpaired) electrons. The van der Waals surface area contributed by atoms with Crippen LogP contribution in [-0.4, -0.2) is 30.8 Å². The van der Waals surface area contributed by atoms with Crippen LogP contribution in [0, 0.1) is 0 Å². The third kappa shape index (κ3) is 3.31. The maximum Gasteiger partial charge on any atom is 0.417 e. The molecule has 1 aromatic heterocycles. The number of hydrogen-bond donors (Lipinski definition) is 1. The van der Waals surface area contributed by atoms with Gasteiger partial charge in [-0.2, -0.15) is 17.5 Å². The Balaban J connectivity index is 1.57. The second-order valence-corrected chi connectivity index (χ2v) is 8.87. The Hall–Kier alpha value is -2.32. The van der Waals surface area contributed by atoms with E-state index in [1.807, 2.05) is 30.5 Å². The van der Waals surface area contributed by atoms with Gasteiger partial charge >= 0.3 is 6.18 Å². The first kappa shape index (κ1) is 19.0. The number of H-pyrrole nitrogens is 1. The zero-order chi connectivity index (χ0) is 19.9. The summed E-state index contributed by atoms with van der Waals surface area (Å²) < 4.78 is 66.7. The lowest BCUT2D eigenvalue weighted by atomic mass is 9.90. The Bertz CT molecular complexity index is 1100. The molecule has 0 amide bonds. The van der Waals surface area contributed by atoms with Gasteiger partial charge < -0.3 is 4.98 Å². The molecule has 0 unspecified atom stereocenters. The fourth-order valence-corrected chi connectivity index (χ4v) is 5.59. The molecule has 8 heteroatoms. The maximum absolute atomic E-state index is 13.3. The first-order valence-electron chi connectivity index (χ1n) is 9.01. The quantitative estimate of drug-likeness (QED) is 0.680. The number of hydrogen-bond acceptors (Lipinski definition) is 2. The second-order valence-electron chi connectivity index (χ2n) is 6.96. The van der Waals surface area contributed by atoms with E-state index in [9.17, 15) is 21.6 Å². The summed E-state index contributed by atoms with van der Waals surface area (Å²) in [6.07, 6.45) is -1.64. The fraction of sp³-hybridized carbons (Fsp3) is 0.300. The van der Waals surface area contributed by atoms with E-state index in [2.05, 4.69) is 4.98 Å². The van der Waals surface area contributed by atoms with Gasteiger partial charge in [0.2, 0.25) is 10.0 Å². The van der Waals surface area contributed by atoms with Crippen molar-refractivity contribution >= 4 is 20.9 Å². The van der Waals surface area contributed by atoms with Crippen molar-refractivity contribution in [2.75, 3.05) is 13.1 Å². The summed E-state index contributed by atoms with van der Waals surface area (Å²) in [6.45, 7) is 0.386. The fourth-order valence-electron chi connectivity index (χ4n) is 3.90. The largest absolute Gasteiger partial charge is 0.417 e. The molecular formula is C20H19F3N2O2S. The molecule has 1 fully saturated rings. The summed E-state index contributed by atoms with van der Waals surface area (Å²) in [5, 5.41) is 1.10. The predicted molar refractivity (Wildman–Crippen MR) is 100 cm³/mol. The third-order valence-corrected chi connectivity index (χ3v) is 7.28. The number of halogens is 3. The minimum absolute atomic E-state index is 0.167. The van der Waals surface area contributed by atoms with Crippen LogP contribution in [0.3, 0.4) is 0 Å². The first-order chi connectivity index (χ1) is 13.3. The molecule has 2 aromatic carbocycles. The highest BCUT2D eigenvalue weighted by molar-refractivity contribution is 7.89. The number of sulfonamides is 1. The van der Waals surface area contributed by atoms with Crippen LogP contribution in [0.4, 0.5) is 13.2 Å². The molecule has 0 atom stereocenters. The predicted octanol–water partition coefficient (Wildman–Crippen LogP) is 4.76. The number of aromatic amines is 1. The van der Waals surface area contributed by atoms with Crippen LogP contribution >= 0.6 is 0 Å². The number of alkyl halides is 3. The summed E-state index contributed by atoms with van der Waals surface area (Å²) in [5.74, 6) is 0.167. The molecule has 0 bridgehead atoms. The van der Waals surface area contributed by atoms with Crippen LogP contribution in [0.25, 0.3) is 10.9 Å². The molecule has 4 rings (SSSR count). The normalized spacial score (nSPS) is 17.2. The molecule has 4 nitrogen and oxygen atoms in total. The Morgan fingerprint density at radius 1 is 0.964 bits per heavy atom. The van der Waals surface area contributed by atoms with Crippen LogP contribution in [-0.2, 0) is 16.2 Å². The highest BCUT2D eigenvalue weighted by atomic mass is 32.2. The Kier molecular flexibility index (Phi) is 4.71. The van der Waals surface area contributed by atoms with Gasteiger partial charge in [0, 0.05) is 30.2 Å². The van der Waals surface area contributed by atoms with Crippen LogP contribution in [0.1, 0.15) is 29.9 Å². The standard InChI is InChI=1S/C20H19F3N2O2S/c21-20(22,23)17-6-2-4-8-19(17)28(26,27)25-11-9-14(10-12-25)16-13-24-18-7-3-1-5-15(16)18/h1-8,13-14,24H,9-12H2. The Morgan fingerprint density at radius 2 is 1.61 bits per heavy atom. The highest BCUT2D eigenvalue weighted by Crippen LogP contribution is 2.38. The van der Waals surface area contributed by atoms with E-state index in [1.165, 1.54) is 16.4 Å². The van der Waals surface area contributed by atoms with Crippen molar-refractivity contribution in [3.8, 4) is 0 Å². The van der Waals surface area contributed by atoms with E-state index in [-0.39, 0.29) is 19.0 Å². The molecule has 1 N–H and O–H groups in total. The van der Waals surface area contributed by atoms with E-state index >= 15 is 0 Å². The highest BCUT2D eigenvalue weighted by Gasteiger charge is 2.39. The first-order valence-corrected chi connectivity index (χ1v) is 10.4. The van der Waals surface area contributed by atoms with E-state index < -0.39 is 26.7 Å². The summed E-state index contributed by atoms with van der Waals surface area (Å²) in [6, 6.07) is 12.3. The minimum atomic E-state index is -4.72. The van der Waals surface area contributed by atoms with Gasteiger partial charge in [-0.25, -0.2) is 8.42 Å². The van der Waals surface area contributed by atoms with Crippen molar-refractivity contribution < 1.29 is 21.6 Å². The summed E-state index contributed by atoms with van der Waals surface area (Å²) in [5.41, 5.74) is 1.03. The monoisotopic (exact) mass is 408 g/mol. The Labute approximate surface area is 161 Å². The molecule has 1 aliphatic rings. The van der Waals surface area contributed by atoms with Gasteiger partial charge in [0.15, 0.2) is 0 Å². The SMILES string of the molecule is O=S(=O)(c1ccccc1C(F)(F)F)N1CCC(c2c[nH]c3ccccc23)CC1. The number of para-hydroxylation sites is 1. The third-order valence-electron chi connectivity index (χ3n) is 5.33. The van der Waals surface area contributed by atoms with Crippen molar-refractivity contribution in [3.05, 3.63) is 65.9 Å². The van der Waals surface area contributed by atoms with E-state index in [0.717, 1.165) is 28.6 Å². The topological polar surface area (TPSA) is 53.2 Å². The molecule has 0 spiro atoms. The van der Waals surface area contributed by atoms with Gasteiger partial charge in [-0.1, -0.05) is 30.3 Å². The number of piperidine rings is 1.